The predicted octanol–water partition coefficient (Wildman–Crippen LogP) is 4.02. The van der Waals surface area contributed by atoms with Crippen molar-refractivity contribution in [1.29, 1.82) is 0 Å². The maximum absolute atomic E-state index is 12.6. The van der Waals surface area contributed by atoms with Crippen molar-refractivity contribution in [2.75, 3.05) is 26.3 Å². The van der Waals surface area contributed by atoms with Crippen molar-refractivity contribution in [3.63, 3.8) is 0 Å². The number of ether oxygens (including phenoxy) is 2. The minimum absolute atomic E-state index is 0.127. The first-order valence-electron chi connectivity index (χ1n) is 10.1. The third kappa shape index (κ3) is 5.83. The monoisotopic (exact) mass is 432 g/mol. The summed E-state index contributed by atoms with van der Waals surface area (Å²) >= 11 is 0. The van der Waals surface area contributed by atoms with Crippen LogP contribution in [0.4, 0.5) is 13.2 Å². The smallest absolute Gasteiger partial charge is 0.416 e. The number of nitrogens with one attached hydrogen (secondary N) is 1. The molecule has 0 aliphatic carbocycles. The lowest BCUT2D eigenvalue weighted by atomic mass is 10.1. The molecule has 1 aromatic carbocycles. The van der Waals surface area contributed by atoms with Crippen LogP contribution in [0, 0.1) is 0 Å². The van der Waals surface area contributed by atoms with Gasteiger partial charge < -0.3 is 9.47 Å². The normalized spacial score (nSPS) is 17.6. The average Bonchev–Trinajstić information content (AvgIpc) is 3.23. The molecule has 31 heavy (non-hydrogen) atoms. The summed E-state index contributed by atoms with van der Waals surface area (Å²) in [7, 11) is 0. The molecule has 0 saturated carbocycles. The summed E-state index contributed by atoms with van der Waals surface area (Å²) in [6.07, 6.45) is -2.13. The number of rotatable bonds is 7. The Morgan fingerprint density at radius 3 is 2.74 bits per heavy atom. The second kappa shape index (κ2) is 9.49. The third-order valence-electron chi connectivity index (χ3n) is 5.06. The van der Waals surface area contributed by atoms with E-state index >= 15 is 0 Å². The number of nitrogens with zero attached hydrogens (tertiary/aromatic N) is 3. The number of benzene rings is 1. The first-order valence-corrected chi connectivity index (χ1v) is 10.1. The van der Waals surface area contributed by atoms with Crippen LogP contribution < -0.4 is 4.74 Å². The molecule has 3 heterocycles. The van der Waals surface area contributed by atoms with Gasteiger partial charge in [0.1, 0.15) is 11.9 Å². The van der Waals surface area contributed by atoms with E-state index in [0.29, 0.717) is 25.4 Å². The van der Waals surface area contributed by atoms with Crippen LogP contribution in [-0.2, 0) is 23.9 Å². The van der Waals surface area contributed by atoms with E-state index in [1.807, 2.05) is 24.3 Å². The molecule has 0 unspecified atom stereocenters. The fourth-order valence-corrected chi connectivity index (χ4v) is 3.44. The van der Waals surface area contributed by atoms with Crippen LogP contribution in [0.5, 0.6) is 5.75 Å². The van der Waals surface area contributed by atoms with Crippen LogP contribution in [0.2, 0.25) is 0 Å². The van der Waals surface area contributed by atoms with Gasteiger partial charge in [-0.05, 0) is 42.5 Å². The van der Waals surface area contributed by atoms with Gasteiger partial charge in [-0.1, -0.05) is 6.07 Å². The molecule has 0 amide bonds. The van der Waals surface area contributed by atoms with Crippen molar-refractivity contribution in [3.8, 4) is 5.75 Å². The maximum Gasteiger partial charge on any atom is 0.416 e. The summed E-state index contributed by atoms with van der Waals surface area (Å²) in [5, 5.41) is 7.37. The van der Waals surface area contributed by atoms with E-state index in [9.17, 15) is 13.2 Å². The lowest BCUT2D eigenvalue weighted by Gasteiger charge is -2.31. The molecular weight excluding hydrogens is 409 g/mol. The van der Waals surface area contributed by atoms with Gasteiger partial charge in [-0.15, -0.1) is 0 Å². The second-order valence-corrected chi connectivity index (χ2v) is 7.35. The predicted molar refractivity (Wildman–Crippen MR) is 107 cm³/mol. The van der Waals surface area contributed by atoms with Crippen LogP contribution in [-0.4, -0.2) is 46.4 Å². The van der Waals surface area contributed by atoms with E-state index < -0.39 is 11.7 Å². The Morgan fingerprint density at radius 1 is 1.16 bits per heavy atom. The first-order chi connectivity index (χ1) is 15.0. The number of hydrogen-bond acceptors (Lipinski definition) is 5. The summed E-state index contributed by atoms with van der Waals surface area (Å²) in [5.74, 6) is 0.397. The fourth-order valence-electron chi connectivity index (χ4n) is 3.44. The van der Waals surface area contributed by atoms with Crippen LogP contribution in [0.1, 0.15) is 28.7 Å². The number of aromatic amines is 1. The summed E-state index contributed by atoms with van der Waals surface area (Å²) < 4.78 is 49.3. The minimum atomic E-state index is -4.35. The summed E-state index contributed by atoms with van der Waals surface area (Å²) in [5.41, 5.74) is 2.04. The number of aromatic nitrogens is 3. The molecule has 1 aliphatic heterocycles. The van der Waals surface area contributed by atoms with Gasteiger partial charge in [0, 0.05) is 37.9 Å². The Hall–Kier alpha value is -2.91. The van der Waals surface area contributed by atoms with Gasteiger partial charge in [-0.2, -0.15) is 18.3 Å². The summed E-state index contributed by atoms with van der Waals surface area (Å²) in [6, 6.07) is 12.5. The molecule has 0 radical (unpaired) electrons. The molecule has 9 heteroatoms. The quantitative estimate of drug-likeness (QED) is 0.611. The Bertz CT molecular complexity index is 961. The summed E-state index contributed by atoms with van der Waals surface area (Å²) in [6.45, 7) is 3.27. The zero-order chi connectivity index (χ0) is 21.7. The van der Waals surface area contributed by atoms with Crippen molar-refractivity contribution >= 4 is 0 Å². The highest BCUT2D eigenvalue weighted by atomic mass is 19.4. The molecule has 0 spiro atoms. The van der Waals surface area contributed by atoms with Crippen LogP contribution in [0.15, 0.2) is 54.7 Å². The number of hydrogen-bond donors (Lipinski definition) is 1. The molecule has 1 atom stereocenters. The fraction of sp³-hybridized carbons (Fsp3) is 0.364. The largest absolute Gasteiger partial charge is 0.493 e. The van der Waals surface area contributed by atoms with Gasteiger partial charge in [0.2, 0.25) is 0 Å². The molecular formula is C22H23F3N4O2. The molecule has 0 bridgehead atoms. The van der Waals surface area contributed by atoms with Gasteiger partial charge in [-0.3, -0.25) is 15.0 Å². The highest BCUT2D eigenvalue weighted by Crippen LogP contribution is 2.30. The highest BCUT2D eigenvalue weighted by Gasteiger charge is 2.30. The minimum Gasteiger partial charge on any atom is -0.493 e. The van der Waals surface area contributed by atoms with Crippen LogP contribution in [0.3, 0.4) is 0 Å². The molecule has 2 aromatic heterocycles. The average molecular weight is 432 g/mol. The van der Waals surface area contributed by atoms with Crippen LogP contribution in [0.25, 0.3) is 0 Å². The van der Waals surface area contributed by atoms with E-state index in [-0.39, 0.29) is 6.10 Å². The van der Waals surface area contributed by atoms with Crippen molar-refractivity contribution in [1.82, 2.24) is 20.1 Å². The topological polar surface area (TPSA) is 63.3 Å². The summed E-state index contributed by atoms with van der Waals surface area (Å²) in [4.78, 5) is 6.67. The molecule has 1 aliphatic rings. The van der Waals surface area contributed by atoms with Gasteiger partial charge in [-0.25, -0.2) is 0 Å². The molecule has 1 saturated heterocycles. The standard InChI is InChI=1S/C22H23F3N4O2/c23-22(24,25)16-4-6-19(7-5-16)30-11-8-17-13-20(28-27-17)21-15-29(10-12-31-21)14-18-3-1-2-9-26-18/h1-7,9,13,21H,8,10-12,14-15H2,(H,27,28)/t21-/m1/s1. The van der Waals surface area contributed by atoms with Gasteiger partial charge >= 0.3 is 6.18 Å². The highest BCUT2D eigenvalue weighted by molar-refractivity contribution is 5.28. The van der Waals surface area contributed by atoms with Crippen LogP contribution >= 0.6 is 0 Å². The van der Waals surface area contributed by atoms with E-state index in [1.54, 1.807) is 6.20 Å². The molecule has 164 valence electrons. The number of halogens is 3. The number of pyridine rings is 1. The maximum atomic E-state index is 12.6. The van der Waals surface area contributed by atoms with E-state index in [2.05, 4.69) is 20.1 Å². The SMILES string of the molecule is FC(F)(F)c1ccc(OCCc2cc([C@H]3CN(Cc4ccccn4)CCO3)n[nH]2)cc1. The Morgan fingerprint density at radius 2 is 2.00 bits per heavy atom. The van der Waals surface area contributed by atoms with Gasteiger partial charge in [0.15, 0.2) is 0 Å². The Balaban J connectivity index is 1.27. The zero-order valence-electron chi connectivity index (χ0n) is 16.8. The van der Waals surface area contributed by atoms with E-state index in [4.69, 9.17) is 9.47 Å². The molecule has 1 N–H and O–H groups in total. The van der Waals surface area contributed by atoms with Crippen molar-refractivity contribution in [3.05, 3.63) is 77.4 Å². The van der Waals surface area contributed by atoms with E-state index in [0.717, 1.165) is 48.8 Å². The Kier molecular flexibility index (Phi) is 6.53. The third-order valence-corrected chi connectivity index (χ3v) is 5.06. The van der Waals surface area contributed by atoms with Gasteiger partial charge in [0.05, 0.1) is 30.2 Å². The van der Waals surface area contributed by atoms with Crippen molar-refractivity contribution < 1.29 is 22.6 Å². The van der Waals surface area contributed by atoms with Gasteiger partial charge in [0.25, 0.3) is 0 Å². The van der Waals surface area contributed by atoms with Crippen molar-refractivity contribution in [2.24, 2.45) is 0 Å². The number of alkyl halides is 3. The molecule has 6 nitrogen and oxygen atoms in total. The lowest BCUT2D eigenvalue weighted by molar-refractivity contribution is -0.137. The molecule has 4 rings (SSSR count). The molecule has 3 aromatic rings. The second-order valence-electron chi connectivity index (χ2n) is 7.35. The number of H-pyrrole nitrogens is 1. The first kappa shape index (κ1) is 21.3. The number of morpholine rings is 1. The zero-order valence-corrected chi connectivity index (χ0v) is 16.8. The van der Waals surface area contributed by atoms with E-state index in [1.165, 1.54) is 12.1 Å². The lowest BCUT2D eigenvalue weighted by Crippen LogP contribution is -2.38. The molecule has 1 fully saturated rings. The van der Waals surface area contributed by atoms with Crippen molar-refractivity contribution in [2.45, 2.75) is 25.2 Å². The Labute approximate surface area is 178 Å².